The average Bonchev–Trinajstić information content (AvgIpc) is 2.41. The van der Waals surface area contributed by atoms with Crippen LogP contribution in [-0.2, 0) is 0 Å². The van der Waals surface area contributed by atoms with Crippen LogP contribution in [0.25, 0.3) is 0 Å². The molecular weight excluding hydrogens is 164 g/mol. The highest BCUT2D eigenvalue weighted by Gasteiger charge is 1.94. The molecule has 1 heterocycles. The summed E-state index contributed by atoms with van der Waals surface area (Å²) >= 11 is 3.15. The van der Waals surface area contributed by atoms with Gasteiger partial charge in [-0.3, -0.25) is 0 Å². The van der Waals surface area contributed by atoms with Gasteiger partial charge in [-0.2, -0.15) is 0 Å². The molecule has 10 heavy (non-hydrogen) atoms. The van der Waals surface area contributed by atoms with Crippen molar-refractivity contribution < 1.29 is 0 Å². The Kier molecular flexibility index (Phi) is 3.46. The smallest absolute Gasteiger partial charge is 0.146 e. The summed E-state index contributed by atoms with van der Waals surface area (Å²) in [7, 11) is 0. The van der Waals surface area contributed by atoms with Crippen molar-refractivity contribution in [3.63, 3.8) is 0 Å². The minimum Gasteiger partial charge on any atom is -0.146 e. The molecule has 0 saturated carbocycles. The number of nitrogens with zero attached hydrogens (tertiary/aromatic N) is 2. The number of thioether (sulfide) groups is 1. The lowest BCUT2D eigenvalue weighted by Gasteiger charge is -1.88. The third-order valence-corrected chi connectivity index (χ3v) is 2.49. The van der Waals surface area contributed by atoms with Gasteiger partial charge in [0.15, 0.2) is 4.34 Å². The summed E-state index contributed by atoms with van der Waals surface area (Å²) in [6, 6.07) is 0. The Morgan fingerprint density at radius 1 is 1.80 bits per heavy atom. The molecule has 1 radical (unpaired) electrons. The predicted octanol–water partition coefficient (Wildman–Crippen LogP) is 2.37. The lowest BCUT2D eigenvalue weighted by molar-refractivity contribution is 1.01. The average molecular weight is 171 g/mol. The molecule has 0 aromatic carbocycles. The number of allylic oxidation sites excluding steroid dienone is 1. The van der Waals surface area contributed by atoms with Crippen molar-refractivity contribution in [2.45, 2.75) is 10.8 Å². The fourth-order valence-electron chi connectivity index (χ4n) is 0.402. The fraction of sp³-hybridized carbons (Fsp3) is 0.167. The van der Waals surface area contributed by atoms with Gasteiger partial charge in [-0.25, -0.2) is 0 Å². The van der Waals surface area contributed by atoms with Crippen molar-refractivity contribution in [1.82, 2.24) is 10.2 Å². The van der Waals surface area contributed by atoms with Crippen LogP contribution in [0, 0.1) is 5.75 Å². The number of aromatic nitrogens is 2. The summed E-state index contributed by atoms with van der Waals surface area (Å²) in [5.74, 6) is 2.05. The van der Waals surface area contributed by atoms with E-state index in [1.54, 1.807) is 28.6 Å². The Bertz CT molecular complexity index is 184. The Morgan fingerprint density at radius 2 is 2.70 bits per heavy atom. The van der Waals surface area contributed by atoms with Crippen molar-refractivity contribution in [2.75, 3.05) is 0 Å². The third-order valence-electron chi connectivity index (χ3n) is 0.787. The van der Waals surface area contributed by atoms with Gasteiger partial charge in [0.05, 0.1) is 0 Å². The molecule has 0 spiro atoms. The number of rotatable bonds is 4. The van der Waals surface area contributed by atoms with Crippen LogP contribution in [0.15, 0.2) is 22.5 Å². The molecule has 1 aromatic heterocycles. The van der Waals surface area contributed by atoms with Crippen LogP contribution < -0.4 is 0 Å². The minimum absolute atomic E-state index is 0.907. The molecule has 0 fully saturated rings. The molecule has 0 aliphatic carbocycles. The second-order valence-corrected chi connectivity index (χ2v) is 3.56. The summed E-state index contributed by atoms with van der Waals surface area (Å²) in [5, 5.41) is 7.56. The zero-order chi connectivity index (χ0) is 7.23. The van der Waals surface area contributed by atoms with Gasteiger partial charge in [-0.05, 0) is 6.42 Å². The van der Waals surface area contributed by atoms with Crippen LogP contribution in [0.4, 0.5) is 0 Å². The first-order chi connectivity index (χ1) is 4.93. The molecule has 0 bridgehead atoms. The second-order valence-electron chi connectivity index (χ2n) is 1.51. The first-order valence-electron chi connectivity index (χ1n) is 2.79. The van der Waals surface area contributed by atoms with Gasteiger partial charge in [-0.1, -0.05) is 29.2 Å². The van der Waals surface area contributed by atoms with E-state index >= 15 is 0 Å². The molecule has 0 N–H and O–H groups in total. The SMILES string of the molecule is C=CC[CH]Sc1nncs1. The zero-order valence-corrected chi connectivity index (χ0v) is 6.99. The third kappa shape index (κ3) is 2.49. The molecule has 0 amide bonds. The first kappa shape index (κ1) is 7.75. The maximum absolute atomic E-state index is 3.85. The molecule has 2 nitrogen and oxygen atoms in total. The Morgan fingerprint density at radius 3 is 3.30 bits per heavy atom. The van der Waals surface area contributed by atoms with E-state index in [9.17, 15) is 0 Å². The van der Waals surface area contributed by atoms with Crippen LogP contribution in [0.5, 0.6) is 0 Å². The van der Waals surface area contributed by atoms with E-state index in [4.69, 9.17) is 0 Å². The van der Waals surface area contributed by atoms with Crippen molar-refractivity contribution in [1.29, 1.82) is 0 Å². The van der Waals surface area contributed by atoms with Crippen molar-refractivity contribution in [3.8, 4) is 0 Å². The lowest BCUT2D eigenvalue weighted by Crippen LogP contribution is -1.69. The normalized spacial score (nSPS) is 9.60. The molecule has 53 valence electrons. The summed E-state index contributed by atoms with van der Waals surface area (Å²) in [6.45, 7) is 3.60. The highest BCUT2D eigenvalue weighted by Crippen LogP contribution is 2.22. The quantitative estimate of drug-likeness (QED) is 0.395. The van der Waals surface area contributed by atoms with E-state index in [-0.39, 0.29) is 0 Å². The van der Waals surface area contributed by atoms with Crippen LogP contribution in [0.2, 0.25) is 0 Å². The summed E-state index contributed by atoms with van der Waals surface area (Å²) in [6.07, 6.45) is 2.76. The van der Waals surface area contributed by atoms with E-state index in [2.05, 4.69) is 16.8 Å². The fourth-order valence-corrected chi connectivity index (χ4v) is 1.71. The number of hydrogen-bond donors (Lipinski definition) is 0. The highest BCUT2D eigenvalue weighted by molar-refractivity contribution is 8.02. The van der Waals surface area contributed by atoms with Crippen molar-refractivity contribution in [2.24, 2.45) is 0 Å². The van der Waals surface area contributed by atoms with Crippen LogP contribution in [-0.4, -0.2) is 10.2 Å². The Labute approximate surface area is 68.4 Å². The van der Waals surface area contributed by atoms with Gasteiger partial charge in [0.2, 0.25) is 0 Å². The van der Waals surface area contributed by atoms with Gasteiger partial charge in [0.25, 0.3) is 0 Å². The van der Waals surface area contributed by atoms with E-state index < -0.39 is 0 Å². The van der Waals surface area contributed by atoms with Gasteiger partial charge in [0.1, 0.15) is 5.51 Å². The summed E-state index contributed by atoms with van der Waals surface area (Å²) in [5.41, 5.74) is 1.73. The minimum atomic E-state index is 0.907. The van der Waals surface area contributed by atoms with E-state index in [0.29, 0.717) is 0 Å². The van der Waals surface area contributed by atoms with Crippen LogP contribution >= 0.6 is 23.1 Å². The lowest BCUT2D eigenvalue weighted by atomic mass is 10.5. The molecule has 0 aliphatic heterocycles. The van der Waals surface area contributed by atoms with Gasteiger partial charge < -0.3 is 0 Å². The Balaban J connectivity index is 2.21. The van der Waals surface area contributed by atoms with Crippen LogP contribution in [0.1, 0.15) is 6.42 Å². The summed E-state index contributed by atoms with van der Waals surface area (Å²) < 4.78 is 0.988. The van der Waals surface area contributed by atoms with E-state index in [1.165, 1.54) is 0 Å². The number of hydrogen-bond acceptors (Lipinski definition) is 4. The monoisotopic (exact) mass is 171 g/mol. The molecule has 1 aromatic rings. The zero-order valence-electron chi connectivity index (χ0n) is 5.36. The molecule has 0 saturated heterocycles. The van der Waals surface area contributed by atoms with Gasteiger partial charge in [0, 0.05) is 5.75 Å². The van der Waals surface area contributed by atoms with Crippen molar-refractivity contribution >= 4 is 23.1 Å². The topological polar surface area (TPSA) is 25.8 Å². The summed E-state index contributed by atoms with van der Waals surface area (Å²) in [4.78, 5) is 0. The predicted molar refractivity (Wildman–Crippen MR) is 44.9 cm³/mol. The van der Waals surface area contributed by atoms with E-state index in [0.717, 1.165) is 10.8 Å². The molecular formula is C6H7N2S2. The maximum Gasteiger partial charge on any atom is 0.174 e. The second kappa shape index (κ2) is 4.46. The standard InChI is InChI=1S/C6H7N2S2/c1-2-3-4-9-6-8-7-5-10-6/h2,4-5H,1,3H2. The molecule has 0 atom stereocenters. The highest BCUT2D eigenvalue weighted by atomic mass is 32.2. The molecule has 0 unspecified atom stereocenters. The van der Waals surface area contributed by atoms with Crippen molar-refractivity contribution in [3.05, 3.63) is 23.9 Å². The maximum atomic E-state index is 3.85. The van der Waals surface area contributed by atoms with Crippen LogP contribution in [0.3, 0.4) is 0 Å². The van der Waals surface area contributed by atoms with E-state index in [1.807, 2.05) is 11.8 Å². The molecule has 4 heteroatoms. The Hall–Kier alpha value is -0.350. The molecule has 0 aliphatic rings. The first-order valence-corrected chi connectivity index (χ1v) is 4.55. The van der Waals surface area contributed by atoms with Gasteiger partial charge in [-0.15, -0.1) is 16.8 Å². The molecule has 1 rings (SSSR count). The largest absolute Gasteiger partial charge is 0.174 e. The van der Waals surface area contributed by atoms with Gasteiger partial charge >= 0.3 is 0 Å².